The smallest absolute Gasteiger partial charge is 0.314 e. The number of carbonyl (C=O) groups excluding carboxylic acids is 1. The van der Waals surface area contributed by atoms with Crippen molar-refractivity contribution < 1.29 is 9.90 Å². The van der Waals surface area contributed by atoms with E-state index in [4.69, 9.17) is 0 Å². The second-order valence-electron chi connectivity index (χ2n) is 6.26. The topological polar surface area (TPSA) is 79.2 Å². The average molecular weight is 328 g/mol. The number of urea groups is 1. The van der Waals surface area contributed by atoms with Crippen molar-refractivity contribution in [1.82, 2.24) is 20.4 Å². The zero-order valence-corrected chi connectivity index (χ0v) is 13.7. The van der Waals surface area contributed by atoms with Gasteiger partial charge in [0.2, 0.25) is 0 Å². The van der Waals surface area contributed by atoms with E-state index in [2.05, 4.69) is 15.7 Å². The summed E-state index contributed by atoms with van der Waals surface area (Å²) in [4.78, 5) is 11.8. The lowest BCUT2D eigenvalue weighted by atomic mass is 10.1. The number of hydrogen-bond acceptors (Lipinski definition) is 3. The van der Waals surface area contributed by atoms with Crippen LogP contribution in [-0.2, 0) is 6.42 Å². The first-order valence-electron chi connectivity index (χ1n) is 8.51. The minimum absolute atomic E-state index is 0.165. The van der Waals surface area contributed by atoms with Crippen molar-refractivity contribution in [3.05, 3.63) is 48.3 Å². The lowest BCUT2D eigenvalue weighted by molar-refractivity contribution is 0.132. The highest BCUT2D eigenvalue weighted by atomic mass is 16.3. The highest BCUT2D eigenvalue weighted by Crippen LogP contribution is 2.24. The Morgan fingerprint density at radius 2 is 2.08 bits per heavy atom. The van der Waals surface area contributed by atoms with Gasteiger partial charge in [0, 0.05) is 31.4 Å². The minimum Gasteiger partial charge on any atom is -0.393 e. The minimum atomic E-state index is -0.265. The van der Waals surface area contributed by atoms with Crippen LogP contribution >= 0.6 is 0 Å². The maximum Gasteiger partial charge on any atom is 0.314 e. The summed E-state index contributed by atoms with van der Waals surface area (Å²) in [5.74, 6) is 0.200. The van der Waals surface area contributed by atoms with E-state index in [1.807, 2.05) is 41.2 Å². The first-order chi connectivity index (χ1) is 11.7. The van der Waals surface area contributed by atoms with Gasteiger partial charge in [-0.05, 0) is 43.0 Å². The van der Waals surface area contributed by atoms with Crippen molar-refractivity contribution >= 4 is 6.03 Å². The van der Waals surface area contributed by atoms with Gasteiger partial charge in [0.05, 0.1) is 11.8 Å². The molecular formula is C18H24N4O2. The normalized spacial score (nSPS) is 20.0. The molecule has 1 aromatic carbocycles. The lowest BCUT2D eigenvalue weighted by Crippen LogP contribution is -2.40. The molecule has 3 rings (SSSR count). The number of amides is 2. The molecule has 1 fully saturated rings. The second kappa shape index (κ2) is 7.97. The number of hydrogen-bond donors (Lipinski definition) is 3. The summed E-state index contributed by atoms with van der Waals surface area (Å²) in [6.45, 7) is 1.13. The Morgan fingerprint density at radius 3 is 2.75 bits per heavy atom. The Labute approximate surface area is 141 Å². The number of nitrogens with zero attached hydrogens (tertiary/aromatic N) is 2. The molecule has 2 amide bonds. The van der Waals surface area contributed by atoms with Crippen LogP contribution in [-0.4, -0.2) is 40.1 Å². The monoisotopic (exact) mass is 328 g/mol. The Balaban J connectivity index is 1.37. The molecule has 3 N–H and O–H groups in total. The summed E-state index contributed by atoms with van der Waals surface area (Å²) in [5, 5.41) is 19.6. The molecule has 1 aliphatic carbocycles. The third kappa shape index (κ3) is 4.35. The number of aromatic nitrogens is 2. The lowest BCUT2D eigenvalue weighted by Gasteiger charge is -2.15. The van der Waals surface area contributed by atoms with Gasteiger partial charge in [-0.3, -0.25) is 0 Å². The van der Waals surface area contributed by atoms with E-state index in [9.17, 15) is 9.90 Å². The fourth-order valence-corrected chi connectivity index (χ4v) is 3.10. The first kappa shape index (κ1) is 16.5. The van der Waals surface area contributed by atoms with Gasteiger partial charge in [0.15, 0.2) is 0 Å². The van der Waals surface area contributed by atoms with Crippen molar-refractivity contribution in [1.29, 1.82) is 0 Å². The SMILES string of the molecule is O=C(NCCc1ccc(-n2cccn2)cc1)NC[C@H]1CCC[C@H]1O. The zero-order chi connectivity index (χ0) is 16.8. The Morgan fingerprint density at radius 1 is 1.25 bits per heavy atom. The Hall–Kier alpha value is -2.34. The van der Waals surface area contributed by atoms with Crippen LogP contribution in [0.2, 0.25) is 0 Å². The number of aliphatic hydroxyl groups excluding tert-OH is 1. The summed E-state index contributed by atoms with van der Waals surface area (Å²) >= 11 is 0. The summed E-state index contributed by atoms with van der Waals surface area (Å²) in [6, 6.07) is 9.86. The van der Waals surface area contributed by atoms with Gasteiger partial charge < -0.3 is 15.7 Å². The maximum absolute atomic E-state index is 11.8. The largest absolute Gasteiger partial charge is 0.393 e. The van der Waals surface area contributed by atoms with E-state index in [1.54, 1.807) is 6.20 Å². The van der Waals surface area contributed by atoms with E-state index >= 15 is 0 Å². The van der Waals surface area contributed by atoms with Crippen molar-refractivity contribution in [2.24, 2.45) is 5.92 Å². The van der Waals surface area contributed by atoms with E-state index in [-0.39, 0.29) is 18.1 Å². The number of aliphatic hydroxyl groups is 1. The van der Waals surface area contributed by atoms with Crippen LogP contribution in [0.15, 0.2) is 42.7 Å². The molecule has 0 radical (unpaired) electrons. The number of carbonyl (C=O) groups is 1. The van der Waals surface area contributed by atoms with Crippen molar-refractivity contribution in [2.45, 2.75) is 31.8 Å². The second-order valence-corrected chi connectivity index (χ2v) is 6.26. The molecule has 0 aliphatic heterocycles. The summed E-state index contributed by atoms with van der Waals surface area (Å²) in [6.07, 6.45) is 7.05. The van der Waals surface area contributed by atoms with E-state index in [0.717, 1.165) is 36.9 Å². The van der Waals surface area contributed by atoms with Crippen LogP contribution in [0.4, 0.5) is 4.79 Å². The van der Waals surface area contributed by atoms with Gasteiger partial charge in [0.25, 0.3) is 0 Å². The molecule has 1 aromatic heterocycles. The van der Waals surface area contributed by atoms with Gasteiger partial charge in [0.1, 0.15) is 0 Å². The fourth-order valence-electron chi connectivity index (χ4n) is 3.10. The van der Waals surface area contributed by atoms with E-state index < -0.39 is 0 Å². The standard InChI is InChI=1S/C18H24N4O2/c23-17-4-1-3-15(17)13-20-18(24)19-11-9-14-5-7-16(8-6-14)22-12-2-10-21-22/h2,5-8,10,12,15,17,23H,1,3-4,9,11,13H2,(H2,19,20,24)/t15-,17-/m1/s1. The quantitative estimate of drug-likeness (QED) is 0.757. The summed E-state index contributed by atoms with van der Waals surface area (Å²) in [7, 11) is 0. The van der Waals surface area contributed by atoms with Gasteiger partial charge in [-0.2, -0.15) is 5.10 Å². The molecule has 1 aliphatic rings. The molecule has 0 bridgehead atoms. The van der Waals surface area contributed by atoms with E-state index in [1.165, 1.54) is 0 Å². The van der Waals surface area contributed by atoms with Crippen LogP contribution < -0.4 is 10.6 Å². The average Bonchev–Trinajstić information content (AvgIpc) is 3.25. The molecule has 128 valence electrons. The highest BCUT2D eigenvalue weighted by Gasteiger charge is 2.25. The van der Waals surface area contributed by atoms with E-state index in [0.29, 0.717) is 13.1 Å². The molecule has 6 nitrogen and oxygen atoms in total. The molecule has 0 unspecified atom stereocenters. The maximum atomic E-state index is 11.8. The van der Waals surface area contributed by atoms with Gasteiger partial charge in [-0.15, -0.1) is 0 Å². The molecule has 0 saturated heterocycles. The first-order valence-corrected chi connectivity index (χ1v) is 8.51. The summed E-state index contributed by atoms with van der Waals surface area (Å²) in [5.41, 5.74) is 2.18. The molecule has 6 heteroatoms. The molecule has 0 spiro atoms. The number of benzene rings is 1. The molecular weight excluding hydrogens is 304 g/mol. The van der Waals surface area contributed by atoms with Gasteiger partial charge in [-0.25, -0.2) is 9.48 Å². The van der Waals surface area contributed by atoms with Crippen LogP contribution in [0.3, 0.4) is 0 Å². The van der Waals surface area contributed by atoms with Crippen LogP contribution in [0.1, 0.15) is 24.8 Å². The predicted octanol–water partition coefficient (Wildman–Crippen LogP) is 1.88. The molecule has 2 aromatic rings. The number of rotatable bonds is 6. The van der Waals surface area contributed by atoms with Crippen LogP contribution in [0, 0.1) is 5.92 Å². The Kier molecular flexibility index (Phi) is 5.48. The third-order valence-corrected chi connectivity index (χ3v) is 4.55. The molecule has 24 heavy (non-hydrogen) atoms. The van der Waals surface area contributed by atoms with Gasteiger partial charge >= 0.3 is 6.03 Å². The Bertz CT molecular complexity index is 640. The summed E-state index contributed by atoms with van der Waals surface area (Å²) < 4.78 is 1.81. The van der Waals surface area contributed by atoms with Crippen LogP contribution in [0.25, 0.3) is 5.69 Å². The van der Waals surface area contributed by atoms with Crippen LogP contribution in [0.5, 0.6) is 0 Å². The molecule has 2 atom stereocenters. The van der Waals surface area contributed by atoms with Crippen molar-refractivity contribution in [3.63, 3.8) is 0 Å². The van der Waals surface area contributed by atoms with Crippen molar-refractivity contribution in [3.8, 4) is 5.69 Å². The number of nitrogens with one attached hydrogen (secondary N) is 2. The molecule has 1 heterocycles. The van der Waals surface area contributed by atoms with Crippen molar-refractivity contribution in [2.75, 3.05) is 13.1 Å². The fraction of sp³-hybridized carbons (Fsp3) is 0.444. The third-order valence-electron chi connectivity index (χ3n) is 4.55. The highest BCUT2D eigenvalue weighted by molar-refractivity contribution is 5.73. The van der Waals surface area contributed by atoms with Gasteiger partial charge in [-0.1, -0.05) is 18.6 Å². The predicted molar refractivity (Wildman–Crippen MR) is 92.0 cm³/mol. The zero-order valence-electron chi connectivity index (χ0n) is 13.7. The molecule has 1 saturated carbocycles.